The maximum absolute atomic E-state index is 11.3. The van der Waals surface area contributed by atoms with Gasteiger partial charge in [-0.2, -0.15) is 0 Å². The summed E-state index contributed by atoms with van der Waals surface area (Å²) in [7, 11) is -1.22. The highest BCUT2D eigenvalue weighted by molar-refractivity contribution is 7.87. The van der Waals surface area contributed by atoms with Crippen molar-refractivity contribution in [3.63, 3.8) is 0 Å². The highest BCUT2D eigenvalue weighted by Crippen LogP contribution is 2.21. The number of hydrogen-bond acceptors (Lipinski definition) is 8. The first kappa shape index (κ1) is 19.2. The quantitative estimate of drug-likeness (QED) is 0.241. The van der Waals surface area contributed by atoms with Gasteiger partial charge in [-0.15, -0.1) is 0 Å². The molecule has 0 aromatic carbocycles. The van der Waals surface area contributed by atoms with Crippen molar-refractivity contribution in [2.75, 3.05) is 26.0 Å². The molecule has 1 fully saturated rings. The molecule has 1 amide bonds. The van der Waals surface area contributed by atoms with E-state index in [1.807, 2.05) is 0 Å². The summed E-state index contributed by atoms with van der Waals surface area (Å²) in [6.07, 6.45) is -4.15. The molecule has 22 heavy (non-hydrogen) atoms. The Kier molecular flexibility index (Phi) is 8.10. The van der Waals surface area contributed by atoms with Crippen LogP contribution < -0.4 is 5.32 Å². The van der Waals surface area contributed by atoms with Crippen molar-refractivity contribution in [3.8, 4) is 0 Å². The van der Waals surface area contributed by atoms with Gasteiger partial charge in [0.1, 0.15) is 24.4 Å². The Hall–Kier alpha value is -0.880. The molecule has 128 valence electrons. The minimum atomic E-state index is -1.51. The summed E-state index contributed by atoms with van der Waals surface area (Å²) >= 11 is 0. The van der Waals surface area contributed by atoms with E-state index in [9.17, 15) is 24.3 Å². The fraction of sp³-hybridized carbons (Fsp3) is 0.750. The van der Waals surface area contributed by atoms with Crippen LogP contribution >= 0.6 is 0 Å². The van der Waals surface area contributed by atoms with E-state index >= 15 is 0 Å². The third-order valence-electron chi connectivity index (χ3n) is 2.94. The summed E-state index contributed by atoms with van der Waals surface area (Å²) < 4.78 is 21.0. The second-order valence-electron chi connectivity index (χ2n) is 4.66. The molecule has 1 rings (SSSR count). The van der Waals surface area contributed by atoms with Gasteiger partial charge in [0.15, 0.2) is 6.29 Å². The minimum absolute atomic E-state index is 0.0303. The number of carbonyl (C=O) groups is 1. The van der Waals surface area contributed by atoms with Gasteiger partial charge in [-0.25, -0.2) is 0 Å². The van der Waals surface area contributed by atoms with E-state index in [1.165, 1.54) is 11.7 Å². The Morgan fingerprint density at radius 2 is 2.00 bits per heavy atom. The molecule has 0 bridgehead atoms. The molecule has 1 aliphatic heterocycles. The Labute approximate surface area is 130 Å². The zero-order valence-electron chi connectivity index (χ0n) is 12.0. The molecular weight excluding hydrogens is 318 g/mol. The molecule has 6 unspecified atom stereocenters. The standard InChI is InChI=1S/C12H21NO8S/c1-22(19)5-2-8(15)13-3-4-20-12-11(18)10(17)9(16)7(6-14)21-12/h2,5,7,9-12,14,16-18H,3-4,6H2,1H3,(H,13,15). The molecule has 10 heteroatoms. The van der Waals surface area contributed by atoms with Crippen molar-refractivity contribution >= 4 is 16.7 Å². The van der Waals surface area contributed by atoms with Gasteiger partial charge in [0, 0.05) is 35.1 Å². The summed E-state index contributed by atoms with van der Waals surface area (Å²) in [6.45, 7) is -0.480. The monoisotopic (exact) mass is 339 g/mol. The van der Waals surface area contributed by atoms with Crippen LogP contribution in [-0.2, 0) is 25.1 Å². The van der Waals surface area contributed by atoms with Gasteiger partial charge >= 0.3 is 0 Å². The third kappa shape index (κ3) is 5.72. The molecule has 9 nitrogen and oxygen atoms in total. The lowest BCUT2D eigenvalue weighted by molar-refractivity contribution is -0.300. The van der Waals surface area contributed by atoms with Gasteiger partial charge in [-0.3, -0.25) is 9.00 Å². The molecule has 0 aliphatic carbocycles. The zero-order valence-corrected chi connectivity index (χ0v) is 12.8. The number of ether oxygens (including phenoxy) is 2. The highest BCUT2D eigenvalue weighted by atomic mass is 32.2. The third-order valence-corrected chi connectivity index (χ3v) is 3.46. The lowest BCUT2D eigenvalue weighted by Gasteiger charge is -2.39. The van der Waals surface area contributed by atoms with Crippen LogP contribution in [0.1, 0.15) is 0 Å². The molecule has 1 saturated heterocycles. The minimum Gasteiger partial charge on any atom is -0.394 e. The molecule has 0 saturated carbocycles. The van der Waals surface area contributed by atoms with Crippen LogP contribution in [0.4, 0.5) is 0 Å². The number of rotatable bonds is 7. The molecule has 5 N–H and O–H groups in total. The number of aliphatic hydroxyl groups is 4. The average Bonchev–Trinajstić information content (AvgIpc) is 2.49. The first-order valence-electron chi connectivity index (χ1n) is 6.57. The van der Waals surface area contributed by atoms with Crippen molar-refractivity contribution in [1.82, 2.24) is 5.32 Å². The van der Waals surface area contributed by atoms with Gasteiger partial charge in [0.05, 0.1) is 13.2 Å². The van der Waals surface area contributed by atoms with E-state index in [2.05, 4.69) is 5.32 Å². The number of carbonyl (C=O) groups excluding carboxylic acids is 1. The Morgan fingerprint density at radius 3 is 2.59 bits per heavy atom. The van der Waals surface area contributed by atoms with Gasteiger partial charge in [-0.05, 0) is 0 Å². The summed E-state index contributed by atoms with van der Waals surface area (Å²) in [4.78, 5) is 11.3. The maximum atomic E-state index is 11.3. The van der Waals surface area contributed by atoms with Crippen molar-refractivity contribution < 1.29 is 38.9 Å². The molecule has 1 aliphatic rings. The van der Waals surface area contributed by atoms with Gasteiger partial charge < -0.3 is 35.2 Å². The number of nitrogens with one attached hydrogen (secondary N) is 1. The predicted molar refractivity (Wildman–Crippen MR) is 75.9 cm³/mol. The first-order valence-corrected chi connectivity index (χ1v) is 8.19. The van der Waals surface area contributed by atoms with Gasteiger partial charge in [-0.1, -0.05) is 0 Å². The van der Waals surface area contributed by atoms with E-state index in [-0.39, 0.29) is 13.2 Å². The molecule has 0 aromatic heterocycles. The van der Waals surface area contributed by atoms with Crippen LogP contribution in [0.3, 0.4) is 0 Å². The van der Waals surface area contributed by atoms with Crippen molar-refractivity contribution in [3.05, 3.63) is 11.5 Å². The normalized spacial score (nSPS) is 33.8. The molecule has 0 aromatic rings. The average molecular weight is 339 g/mol. The zero-order chi connectivity index (χ0) is 16.7. The summed E-state index contributed by atoms with van der Waals surface area (Å²) in [5, 5.41) is 41.5. The smallest absolute Gasteiger partial charge is 0.244 e. The van der Waals surface area contributed by atoms with Crippen molar-refractivity contribution in [2.24, 2.45) is 0 Å². The molecule has 1 heterocycles. The van der Waals surface area contributed by atoms with E-state index in [0.29, 0.717) is 0 Å². The van der Waals surface area contributed by atoms with E-state index in [0.717, 1.165) is 6.08 Å². The second-order valence-corrected chi connectivity index (χ2v) is 5.93. The first-order chi connectivity index (χ1) is 10.4. The molecule has 0 radical (unpaired) electrons. The van der Waals surface area contributed by atoms with E-state index < -0.39 is 54.0 Å². The van der Waals surface area contributed by atoms with Gasteiger partial charge in [0.25, 0.3) is 0 Å². The lowest BCUT2D eigenvalue weighted by Crippen LogP contribution is -2.59. The van der Waals surface area contributed by atoms with Crippen molar-refractivity contribution in [2.45, 2.75) is 30.7 Å². The van der Waals surface area contributed by atoms with Crippen LogP contribution in [0, 0.1) is 0 Å². The maximum Gasteiger partial charge on any atom is 0.244 e. The van der Waals surface area contributed by atoms with Crippen LogP contribution in [-0.4, -0.2) is 87.3 Å². The molecule has 0 spiro atoms. The summed E-state index contributed by atoms with van der Waals surface area (Å²) in [6, 6.07) is 0. The Morgan fingerprint density at radius 1 is 1.32 bits per heavy atom. The van der Waals surface area contributed by atoms with Crippen LogP contribution in [0.15, 0.2) is 11.5 Å². The van der Waals surface area contributed by atoms with Gasteiger partial charge in [0.2, 0.25) is 5.91 Å². The number of hydrogen-bond donors (Lipinski definition) is 5. The van der Waals surface area contributed by atoms with Crippen molar-refractivity contribution in [1.29, 1.82) is 0 Å². The summed E-state index contributed by atoms with van der Waals surface area (Å²) in [5.41, 5.74) is 0. The SMILES string of the molecule is CS(=O)C=CC(=O)NCCOC1OC(CO)C(O)C(O)C1O. The molecule has 6 atom stereocenters. The molecular formula is C12H21NO8S. The highest BCUT2D eigenvalue weighted by Gasteiger charge is 2.43. The predicted octanol–water partition coefficient (Wildman–Crippen LogP) is -3.19. The van der Waals surface area contributed by atoms with Crippen LogP contribution in [0.25, 0.3) is 0 Å². The second kappa shape index (κ2) is 9.30. The van der Waals surface area contributed by atoms with E-state index in [1.54, 1.807) is 0 Å². The fourth-order valence-corrected chi connectivity index (χ4v) is 2.09. The Balaban J connectivity index is 2.35. The lowest BCUT2D eigenvalue weighted by atomic mass is 9.99. The van der Waals surface area contributed by atoms with Crippen LogP contribution in [0.5, 0.6) is 0 Å². The topological polar surface area (TPSA) is 146 Å². The number of amides is 1. The fourth-order valence-electron chi connectivity index (χ4n) is 1.77. The largest absolute Gasteiger partial charge is 0.394 e. The number of aliphatic hydroxyl groups excluding tert-OH is 4. The van der Waals surface area contributed by atoms with E-state index in [4.69, 9.17) is 14.6 Å². The van der Waals surface area contributed by atoms with Crippen LogP contribution in [0.2, 0.25) is 0 Å². The summed E-state index contributed by atoms with van der Waals surface area (Å²) in [5.74, 6) is -0.451. The Bertz CT molecular complexity index is 416.